The third kappa shape index (κ3) is 6.07. The maximum absolute atomic E-state index is 14.0. The summed E-state index contributed by atoms with van der Waals surface area (Å²) >= 11 is 6.38. The number of carbonyl (C=O) groups is 1. The Kier molecular flexibility index (Phi) is 8.44. The Morgan fingerprint density at radius 1 is 1.12 bits per heavy atom. The molecule has 0 aromatic carbocycles. The summed E-state index contributed by atoms with van der Waals surface area (Å²) in [4.78, 5) is 13.3. The fourth-order valence-corrected chi connectivity index (χ4v) is 6.97. The molecule has 2 aliphatic carbocycles. The van der Waals surface area contributed by atoms with Gasteiger partial charge in [-0.2, -0.15) is 0 Å². The molecule has 0 spiro atoms. The van der Waals surface area contributed by atoms with Gasteiger partial charge in [0.15, 0.2) is 0 Å². The van der Waals surface area contributed by atoms with Crippen LogP contribution in [0.25, 0.3) is 0 Å². The van der Waals surface area contributed by atoms with Gasteiger partial charge in [-0.1, -0.05) is 13.8 Å². The zero-order chi connectivity index (χ0) is 24.4. The van der Waals surface area contributed by atoms with Gasteiger partial charge in [0.2, 0.25) is 11.5 Å². The van der Waals surface area contributed by atoms with Crippen LogP contribution in [0.2, 0.25) is 0 Å². The third-order valence-electron chi connectivity index (χ3n) is 8.85. The van der Waals surface area contributed by atoms with Crippen LogP contribution in [0.5, 0.6) is 0 Å². The molecule has 1 aromatic rings. The molecule has 4 rings (SSSR count). The van der Waals surface area contributed by atoms with Gasteiger partial charge in [-0.3, -0.25) is 10.2 Å². The SMILES string of the molecule is CC1CC(CNC(=O)C2CC(Cn3ccn(C)c3=N)CC(C3CCC(F)CC3C)N2)CCC1Cl. The average Bonchev–Trinajstić information content (AvgIpc) is 3.11. The lowest BCUT2D eigenvalue weighted by atomic mass is 9.71. The van der Waals surface area contributed by atoms with Crippen molar-refractivity contribution in [3.05, 3.63) is 18.0 Å². The van der Waals surface area contributed by atoms with Crippen molar-refractivity contribution in [3.63, 3.8) is 0 Å². The lowest BCUT2D eigenvalue weighted by Crippen LogP contribution is -2.57. The van der Waals surface area contributed by atoms with Crippen LogP contribution in [-0.4, -0.2) is 45.2 Å². The summed E-state index contributed by atoms with van der Waals surface area (Å²) in [5.41, 5.74) is 0.478. The van der Waals surface area contributed by atoms with Crippen LogP contribution in [0.4, 0.5) is 4.39 Å². The molecular weight excluding hydrogens is 453 g/mol. The molecular formula is C26H43ClFN5O. The molecule has 8 heteroatoms. The quantitative estimate of drug-likeness (QED) is 0.522. The summed E-state index contributed by atoms with van der Waals surface area (Å²) in [6, 6.07) is -0.0264. The van der Waals surface area contributed by atoms with Crippen molar-refractivity contribution in [2.75, 3.05) is 6.54 Å². The van der Waals surface area contributed by atoms with E-state index < -0.39 is 6.17 Å². The standard InChI is InChI=1S/C26H43ClFN5O/c1-16-11-20(28)5-6-21(16)23-12-19(15-33-9-8-32(3)26(33)29)13-24(31-23)25(34)30-14-18-4-7-22(27)17(2)10-18/h8-9,16-24,29,31H,4-7,10-15H2,1-3H3,(H,30,34). The van der Waals surface area contributed by atoms with Gasteiger partial charge in [0.05, 0.1) is 6.04 Å². The number of nitrogens with one attached hydrogen (secondary N) is 3. The number of halogens is 2. The van der Waals surface area contributed by atoms with E-state index in [9.17, 15) is 9.18 Å². The summed E-state index contributed by atoms with van der Waals surface area (Å²) in [5, 5.41) is 15.5. The second-order valence-electron chi connectivity index (χ2n) is 11.5. The van der Waals surface area contributed by atoms with E-state index in [2.05, 4.69) is 24.5 Å². The second-order valence-corrected chi connectivity index (χ2v) is 12.1. The Balaban J connectivity index is 1.42. The highest BCUT2D eigenvalue weighted by Crippen LogP contribution is 2.38. The van der Waals surface area contributed by atoms with Crippen LogP contribution in [0, 0.1) is 35.0 Å². The number of hydrogen-bond acceptors (Lipinski definition) is 3. The number of alkyl halides is 2. The van der Waals surface area contributed by atoms with E-state index in [0.29, 0.717) is 54.6 Å². The summed E-state index contributed by atoms with van der Waals surface area (Å²) in [7, 11) is 1.88. The topological polar surface area (TPSA) is 74.8 Å². The minimum atomic E-state index is -0.694. The summed E-state index contributed by atoms with van der Waals surface area (Å²) < 4.78 is 17.8. The van der Waals surface area contributed by atoms with Crippen LogP contribution in [0.1, 0.15) is 65.2 Å². The molecule has 0 radical (unpaired) electrons. The predicted molar refractivity (Wildman–Crippen MR) is 133 cm³/mol. The first-order valence-electron chi connectivity index (χ1n) is 13.3. The minimum Gasteiger partial charge on any atom is -0.354 e. The number of nitrogens with zero attached hydrogens (tertiary/aromatic N) is 2. The molecule has 1 amide bonds. The number of amides is 1. The number of hydrogen-bond donors (Lipinski definition) is 3. The first-order chi connectivity index (χ1) is 16.2. The predicted octanol–water partition coefficient (Wildman–Crippen LogP) is 3.98. The van der Waals surface area contributed by atoms with Gasteiger partial charge in [0.1, 0.15) is 6.17 Å². The summed E-state index contributed by atoms with van der Waals surface area (Å²) in [6.45, 7) is 5.83. The normalized spacial score (nSPS) is 39.0. The van der Waals surface area contributed by atoms with Crippen molar-refractivity contribution in [2.24, 2.45) is 36.6 Å². The molecule has 3 fully saturated rings. The molecule has 9 atom stereocenters. The average molecular weight is 496 g/mol. The Labute approximate surface area is 208 Å². The van der Waals surface area contributed by atoms with Crippen molar-refractivity contribution < 1.29 is 9.18 Å². The smallest absolute Gasteiger partial charge is 0.237 e. The number of aromatic nitrogens is 2. The molecule has 1 saturated heterocycles. The number of aryl methyl sites for hydroxylation is 1. The highest BCUT2D eigenvalue weighted by atomic mass is 35.5. The van der Waals surface area contributed by atoms with Crippen LogP contribution >= 0.6 is 11.6 Å². The molecule has 2 heterocycles. The van der Waals surface area contributed by atoms with E-state index in [1.807, 2.05) is 28.6 Å². The van der Waals surface area contributed by atoms with Crippen molar-refractivity contribution in [3.8, 4) is 0 Å². The Morgan fingerprint density at radius 2 is 1.91 bits per heavy atom. The maximum atomic E-state index is 14.0. The van der Waals surface area contributed by atoms with Crippen molar-refractivity contribution in [1.29, 1.82) is 5.41 Å². The van der Waals surface area contributed by atoms with E-state index in [1.165, 1.54) is 0 Å². The Morgan fingerprint density at radius 3 is 2.59 bits per heavy atom. The van der Waals surface area contributed by atoms with Crippen LogP contribution < -0.4 is 16.3 Å². The monoisotopic (exact) mass is 495 g/mol. The largest absolute Gasteiger partial charge is 0.354 e. The molecule has 9 unspecified atom stereocenters. The molecule has 6 nitrogen and oxygen atoms in total. The lowest BCUT2D eigenvalue weighted by molar-refractivity contribution is -0.125. The molecule has 3 aliphatic rings. The fraction of sp³-hybridized carbons (Fsp3) is 0.846. The third-order valence-corrected chi connectivity index (χ3v) is 9.49. The van der Waals surface area contributed by atoms with Crippen LogP contribution in [0.15, 0.2) is 12.4 Å². The minimum absolute atomic E-state index is 0.0892. The molecule has 0 bridgehead atoms. The first kappa shape index (κ1) is 25.7. The van der Waals surface area contributed by atoms with Crippen LogP contribution in [0.3, 0.4) is 0 Å². The van der Waals surface area contributed by atoms with Crippen molar-refractivity contribution in [2.45, 2.75) is 95.4 Å². The van der Waals surface area contributed by atoms with Crippen LogP contribution in [-0.2, 0) is 18.4 Å². The Hall–Kier alpha value is -1.34. The van der Waals surface area contributed by atoms with Gasteiger partial charge in [-0.25, -0.2) is 4.39 Å². The van der Waals surface area contributed by atoms with Gasteiger partial charge in [-0.15, -0.1) is 11.6 Å². The van der Waals surface area contributed by atoms with Gasteiger partial charge in [0, 0.05) is 43.9 Å². The van der Waals surface area contributed by atoms with E-state index in [1.54, 1.807) is 0 Å². The molecule has 2 saturated carbocycles. The van der Waals surface area contributed by atoms with E-state index in [0.717, 1.165) is 45.1 Å². The van der Waals surface area contributed by atoms with E-state index in [-0.39, 0.29) is 23.4 Å². The van der Waals surface area contributed by atoms with Gasteiger partial charge in [0.25, 0.3) is 0 Å². The van der Waals surface area contributed by atoms with E-state index in [4.69, 9.17) is 17.0 Å². The molecule has 192 valence electrons. The van der Waals surface area contributed by atoms with Gasteiger partial charge in [-0.05, 0) is 81.0 Å². The summed E-state index contributed by atoms with van der Waals surface area (Å²) in [5.74, 6) is 2.09. The Bertz CT molecular complexity index is 887. The zero-order valence-corrected chi connectivity index (χ0v) is 21.7. The second kappa shape index (κ2) is 11.2. The maximum Gasteiger partial charge on any atom is 0.237 e. The van der Waals surface area contributed by atoms with E-state index >= 15 is 0 Å². The highest BCUT2D eigenvalue weighted by molar-refractivity contribution is 6.20. The molecule has 3 N–H and O–H groups in total. The fourth-order valence-electron chi connectivity index (χ4n) is 6.74. The van der Waals surface area contributed by atoms with Gasteiger partial charge < -0.3 is 19.8 Å². The van der Waals surface area contributed by atoms with Crippen molar-refractivity contribution >= 4 is 17.5 Å². The number of imidazole rings is 1. The number of carbonyl (C=O) groups excluding carboxylic acids is 1. The van der Waals surface area contributed by atoms with Crippen molar-refractivity contribution in [1.82, 2.24) is 19.8 Å². The zero-order valence-electron chi connectivity index (χ0n) is 21.0. The summed E-state index contributed by atoms with van der Waals surface area (Å²) in [6.07, 6.45) is 10.2. The molecule has 1 aromatic heterocycles. The van der Waals surface area contributed by atoms with Gasteiger partial charge >= 0.3 is 0 Å². The number of rotatable bonds is 6. The molecule has 1 aliphatic heterocycles. The lowest BCUT2D eigenvalue weighted by Gasteiger charge is -2.44. The first-order valence-corrected chi connectivity index (χ1v) is 13.7. The number of piperidine rings is 1. The molecule has 34 heavy (non-hydrogen) atoms. The highest BCUT2D eigenvalue weighted by Gasteiger charge is 2.40.